The number of nitrogens with zero attached hydrogens (tertiary/aromatic N) is 1. The minimum atomic E-state index is 0.324. The summed E-state index contributed by atoms with van der Waals surface area (Å²) in [5, 5.41) is 0. The average Bonchev–Trinajstić information content (AvgIpc) is 2.51. The molecular weight excluding hydrogens is 385 g/mol. The van der Waals surface area contributed by atoms with Crippen LogP contribution in [0.5, 0.6) is 5.75 Å². The van der Waals surface area contributed by atoms with Gasteiger partial charge in [0.05, 0.1) is 0 Å². The van der Waals surface area contributed by atoms with Crippen LogP contribution in [0.1, 0.15) is 18.9 Å². The van der Waals surface area contributed by atoms with E-state index in [4.69, 9.17) is 4.74 Å². The van der Waals surface area contributed by atoms with E-state index in [0.29, 0.717) is 12.0 Å². The molecule has 3 rings (SSSR count). The zero-order valence-corrected chi connectivity index (χ0v) is 15.1. The van der Waals surface area contributed by atoms with E-state index < -0.39 is 0 Å². The van der Waals surface area contributed by atoms with Crippen LogP contribution in [0.4, 0.5) is 0 Å². The van der Waals surface area contributed by atoms with E-state index in [-0.39, 0.29) is 0 Å². The first kappa shape index (κ1) is 15.8. The molecule has 0 bridgehead atoms. The largest absolute Gasteiger partial charge is 0.490 e. The summed E-state index contributed by atoms with van der Waals surface area (Å²) in [6, 6.07) is 19.1. The van der Waals surface area contributed by atoms with Gasteiger partial charge in [0.1, 0.15) is 11.9 Å². The van der Waals surface area contributed by atoms with Gasteiger partial charge < -0.3 is 4.74 Å². The summed E-state index contributed by atoms with van der Waals surface area (Å²) in [5.74, 6) is 1.55. The Bertz CT molecular complexity index is 601. The maximum atomic E-state index is 6.22. The molecule has 0 aliphatic carbocycles. The quantitative estimate of drug-likeness (QED) is 0.688. The smallest absolute Gasteiger partial charge is 0.120 e. The third-order valence-corrected chi connectivity index (χ3v) is 4.91. The Hall–Kier alpha value is -1.07. The van der Waals surface area contributed by atoms with Gasteiger partial charge >= 0.3 is 0 Å². The minimum Gasteiger partial charge on any atom is -0.490 e. The van der Waals surface area contributed by atoms with Crippen molar-refractivity contribution >= 4 is 22.6 Å². The molecule has 0 radical (unpaired) electrons. The Morgan fingerprint density at radius 2 is 1.95 bits per heavy atom. The van der Waals surface area contributed by atoms with Gasteiger partial charge in [-0.2, -0.15) is 0 Å². The average molecular weight is 407 g/mol. The highest BCUT2D eigenvalue weighted by atomic mass is 127. The summed E-state index contributed by atoms with van der Waals surface area (Å²) in [7, 11) is 0. The van der Waals surface area contributed by atoms with E-state index in [1.54, 1.807) is 0 Å². The van der Waals surface area contributed by atoms with Crippen LogP contribution in [0, 0.1) is 9.49 Å². The summed E-state index contributed by atoms with van der Waals surface area (Å²) in [6.45, 7) is 5.55. The van der Waals surface area contributed by atoms with Gasteiger partial charge in [0.15, 0.2) is 0 Å². The van der Waals surface area contributed by atoms with Crippen molar-refractivity contribution in [2.45, 2.75) is 26.0 Å². The summed E-state index contributed by atoms with van der Waals surface area (Å²) < 4.78 is 7.44. The predicted octanol–water partition coefficient (Wildman–Crippen LogP) is 4.58. The lowest BCUT2D eigenvalue weighted by Gasteiger charge is -2.37. The Kier molecular flexibility index (Phi) is 5.37. The monoisotopic (exact) mass is 407 g/mol. The lowest BCUT2D eigenvalue weighted by atomic mass is 9.96. The first-order valence-electron chi connectivity index (χ1n) is 7.89. The van der Waals surface area contributed by atoms with Gasteiger partial charge in [0.25, 0.3) is 0 Å². The van der Waals surface area contributed by atoms with Gasteiger partial charge in [0.2, 0.25) is 0 Å². The van der Waals surface area contributed by atoms with Crippen molar-refractivity contribution in [1.29, 1.82) is 0 Å². The predicted molar refractivity (Wildman–Crippen MR) is 99.1 cm³/mol. The highest BCUT2D eigenvalue weighted by Crippen LogP contribution is 2.25. The molecule has 1 saturated heterocycles. The Balaban J connectivity index is 1.56. The molecule has 0 spiro atoms. The van der Waals surface area contributed by atoms with Crippen molar-refractivity contribution in [3.8, 4) is 5.75 Å². The van der Waals surface area contributed by atoms with Crippen LogP contribution >= 0.6 is 22.6 Å². The molecule has 1 aliphatic rings. The van der Waals surface area contributed by atoms with Crippen molar-refractivity contribution in [2.24, 2.45) is 5.92 Å². The van der Waals surface area contributed by atoms with E-state index in [2.05, 4.69) is 89.0 Å². The highest BCUT2D eigenvalue weighted by Gasteiger charge is 2.27. The first-order chi connectivity index (χ1) is 10.7. The maximum absolute atomic E-state index is 6.22. The molecule has 2 nitrogen and oxygen atoms in total. The second-order valence-electron chi connectivity index (χ2n) is 6.10. The van der Waals surface area contributed by atoms with Gasteiger partial charge in [-0.15, -0.1) is 0 Å². The van der Waals surface area contributed by atoms with Crippen LogP contribution in [0.15, 0.2) is 54.6 Å². The molecule has 2 aromatic rings. The number of ether oxygens (including phenoxy) is 1. The van der Waals surface area contributed by atoms with Crippen LogP contribution in [-0.2, 0) is 6.54 Å². The van der Waals surface area contributed by atoms with E-state index in [0.717, 1.165) is 31.8 Å². The lowest BCUT2D eigenvalue weighted by molar-refractivity contribution is 0.0490. The molecule has 22 heavy (non-hydrogen) atoms. The molecule has 0 aromatic heterocycles. The molecule has 0 amide bonds. The molecule has 1 heterocycles. The molecule has 0 saturated carbocycles. The number of likely N-dealkylation sites (tertiary alicyclic amines) is 1. The second kappa shape index (κ2) is 7.47. The molecule has 2 atom stereocenters. The summed E-state index contributed by atoms with van der Waals surface area (Å²) in [6.07, 6.45) is 1.42. The zero-order valence-electron chi connectivity index (χ0n) is 12.9. The fraction of sp³-hybridized carbons (Fsp3) is 0.368. The molecule has 0 unspecified atom stereocenters. The number of piperidine rings is 1. The van der Waals surface area contributed by atoms with Crippen molar-refractivity contribution in [1.82, 2.24) is 4.90 Å². The van der Waals surface area contributed by atoms with Crippen LogP contribution in [0.3, 0.4) is 0 Å². The number of benzene rings is 2. The van der Waals surface area contributed by atoms with Crippen molar-refractivity contribution < 1.29 is 4.74 Å². The highest BCUT2D eigenvalue weighted by molar-refractivity contribution is 14.1. The number of rotatable bonds is 4. The van der Waals surface area contributed by atoms with Crippen LogP contribution in [-0.4, -0.2) is 24.1 Å². The summed E-state index contributed by atoms with van der Waals surface area (Å²) in [4.78, 5) is 2.54. The fourth-order valence-electron chi connectivity index (χ4n) is 3.09. The van der Waals surface area contributed by atoms with Gasteiger partial charge in [0, 0.05) is 29.1 Å². The van der Waals surface area contributed by atoms with E-state index >= 15 is 0 Å². The number of halogens is 1. The van der Waals surface area contributed by atoms with E-state index in [1.807, 2.05) is 0 Å². The molecule has 2 aromatic carbocycles. The maximum Gasteiger partial charge on any atom is 0.120 e. The van der Waals surface area contributed by atoms with Crippen molar-refractivity contribution in [3.05, 3.63) is 63.7 Å². The van der Waals surface area contributed by atoms with Gasteiger partial charge in [-0.25, -0.2) is 0 Å². The fourth-order valence-corrected chi connectivity index (χ4v) is 3.60. The van der Waals surface area contributed by atoms with Crippen molar-refractivity contribution in [2.75, 3.05) is 13.1 Å². The van der Waals surface area contributed by atoms with Gasteiger partial charge in [-0.1, -0.05) is 43.3 Å². The Labute approximate surface area is 146 Å². The SMILES string of the molecule is C[C@@H]1CN(Cc2ccccc2)CC[C@@H]1Oc1cccc(I)c1. The molecule has 0 N–H and O–H groups in total. The van der Waals surface area contributed by atoms with Gasteiger partial charge in [-0.3, -0.25) is 4.90 Å². The summed E-state index contributed by atoms with van der Waals surface area (Å²) >= 11 is 2.33. The molecule has 1 fully saturated rings. The first-order valence-corrected chi connectivity index (χ1v) is 8.97. The number of hydrogen-bond donors (Lipinski definition) is 0. The third kappa shape index (κ3) is 4.23. The minimum absolute atomic E-state index is 0.324. The molecule has 1 aliphatic heterocycles. The van der Waals surface area contributed by atoms with E-state index in [9.17, 15) is 0 Å². The van der Waals surface area contributed by atoms with Gasteiger partial charge in [-0.05, 0) is 52.8 Å². The zero-order chi connectivity index (χ0) is 15.4. The summed E-state index contributed by atoms with van der Waals surface area (Å²) in [5.41, 5.74) is 1.40. The lowest BCUT2D eigenvalue weighted by Crippen LogP contribution is -2.43. The Morgan fingerprint density at radius 3 is 2.68 bits per heavy atom. The van der Waals surface area contributed by atoms with E-state index in [1.165, 1.54) is 9.13 Å². The number of hydrogen-bond acceptors (Lipinski definition) is 2. The van der Waals surface area contributed by atoms with Crippen molar-refractivity contribution in [3.63, 3.8) is 0 Å². The van der Waals surface area contributed by atoms with Crippen LogP contribution < -0.4 is 4.74 Å². The second-order valence-corrected chi connectivity index (χ2v) is 7.35. The normalized spacial score (nSPS) is 22.5. The topological polar surface area (TPSA) is 12.5 Å². The molecule has 116 valence electrons. The molecular formula is C19H22INO. The molecule has 3 heteroatoms. The Morgan fingerprint density at radius 1 is 1.14 bits per heavy atom. The van der Waals surface area contributed by atoms with Crippen LogP contribution in [0.2, 0.25) is 0 Å². The third-order valence-electron chi connectivity index (χ3n) is 4.24. The standard InChI is InChI=1S/C19H22INO/c1-15-13-21(14-16-6-3-2-4-7-16)11-10-19(15)22-18-9-5-8-17(20)12-18/h2-9,12,15,19H,10-11,13-14H2,1H3/t15-,19+/m1/s1. The van der Waals surface area contributed by atoms with Crippen LogP contribution in [0.25, 0.3) is 0 Å².